The summed E-state index contributed by atoms with van der Waals surface area (Å²) in [4.78, 5) is 11.4. The summed E-state index contributed by atoms with van der Waals surface area (Å²) in [5.74, 6) is -0.748. The number of esters is 1. The Balaban J connectivity index is 3.94. The van der Waals surface area contributed by atoms with Crippen LogP contribution in [0.1, 0.15) is 19.3 Å². The van der Waals surface area contributed by atoms with E-state index in [2.05, 4.69) is 4.74 Å². The van der Waals surface area contributed by atoms with E-state index in [4.69, 9.17) is 21.7 Å². The molecule has 8 heteroatoms. The van der Waals surface area contributed by atoms with Gasteiger partial charge in [-0.05, 0) is 19.4 Å². The first kappa shape index (κ1) is 18.2. The van der Waals surface area contributed by atoms with Gasteiger partial charge < -0.3 is 31.5 Å². The predicted octanol–water partition coefficient (Wildman–Crippen LogP) is -1.96. The van der Waals surface area contributed by atoms with Gasteiger partial charge in [-0.3, -0.25) is 4.79 Å². The summed E-state index contributed by atoms with van der Waals surface area (Å²) in [5, 5.41) is 26.7. The van der Waals surface area contributed by atoms with Gasteiger partial charge in [0.1, 0.15) is 24.9 Å². The van der Waals surface area contributed by atoms with E-state index in [1.54, 1.807) is 0 Å². The van der Waals surface area contributed by atoms with Crippen LogP contribution in [0.2, 0.25) is 0 Å². The SMILES string of the molecule is NCCCC[C@H](N)C(=O)OC[C@H](O)[C@@H](F)[C@H](O)CO. The number of rotatable bonds is 10. The first-order valence-electron chi connectivity index (χ1n) is 6.17. The van der Waals surface area contributed by atoms with Crippen molar-refractivity contribution in [2.75, 3.05) is 19.8 Å². The molecule has 114 valence electrons. The molecule has 0 unspecified atom stereocenters. The number of aliphatic hydroxyl groups is 3. The second-order valence-corrected chi connectivity index (χ2v) is 4.28. The Labute approximate surface area is 111 Å². The molecule has 0 aliphatic carbocycles. The molecule has 0 saturated heterocycles. The van der Waals surface area contributed by atoms with E-state index >= 15 is 0 Å². The Bertz CT molecular complexity index is 257. The minimum absolute atomic E-state index is 0.393. The zero-order valence-electron chi connectivity index (χ0n) is 10.7. The van der Waals surface area contributed by atoms with Crippen LogP contribution < -0.4 is 11.5 Å². The van der Waals surface area contributed by atoms with Gasteiger partial charge in [0, 0.05) is 0 Å². The van der Waals surface area contributed by atoms with Crippen LogP contribution in [-0.4, -0.2) is 65.5 Å². The second-order valence-electron chi connectivity index (χ2n) is 4.28. The van der Waals surface area contributed by atoms with Crippen LogP contribution >= 0.6 is 0 Å². The highest BCUT2D eigenvalue weighted by molar-refractivity contribution is 5.75. The van der Waals surface area contributed by atoms with Crippen LogP contribution in [-0.2, 0) is 9.53 Å². The Kier molecular flexibility index (Phi) is 9.62. The predicted molar refractivity (Wildman–Crippen MR) is 65.8 cm³/mol. The number of unbranched alkanes of at least 4 members (excludes halogenated alkanes) is 1. The number of hydrogen-bond donors (Lipinski definition) is 5. The summed E-state index contributed by atoms with van der Waals surface area (Å²) in [6.07, 6.45) is -3.71. The molecule has 0 saturated carbocycles. The van der Waals surface area contributed by atoms with Crippen molar-refractivity contribution in [1.29, 1.82) is 0 Å². The number of hydrogen-bond acceptors (Lipinski definition) is 7. The number of alkyl halides is 1. The molecule has 0 aliphatic rings. The number of carbonyl (C=O) groups excluding carboxylic acids is 1. The smallest absolute Gasteiger partial charge is 0.323 e. The zero-order valence-corrected chi connectivity index (χ0v) is 10.7. The third-order valence-electron chi connectivity index (χ3n) is 2.59. The van der Waals surface area contributed by atoms with Crippen molar-refractivity contribution in [3.8, 4) is 0 Å². The fourth-order valence-electron chi connectivity index (χ4n) is 1.35. The molecule has 0 amide bonds. The third kappa shape index (κ3) is 7.38. The van der Waals surface area contributed by atoms with E-state index < -0.39 is 43.6 Å². The highest BCUT2D eigenvalue weighted by Gasteiger charge is 2.27. The minimum atomic E-state index is -2.09. The molecule has 7 N–H and O–H groups in total. The number of halogens is 1. The van der Waals surface area contributed by atoms with Gasteiger partial charge >= 0.3 is 5.97 Å². The van der Waals surface area contributed by atoms with Gasteiger partial charge in [-0.1, -0.05) is 6.42 Å². The Morgan fingerprint density at radius 2 is 1.89 bits per heavy atom. The zero-order chi connectivity index (χ0) is 14.8. The van der Waals surface area contributed by atoms with E-state index in [1.165, 1.54) is 0 Å². The van der Waals surface area contributed by atoms with Gasteiger partial charge in [0.05, 0.1) is 6.61 Å². The first-order valence-corrected chi connectivity index (χ1v) is 6.17. The van der Waals surface area contributed by atoms with Crippen molar-refractivity contribution in [3.05, 3.63) is 0 Å². The molecule has 0 rings (SSSR count). The number of ether oxygens (including phenoxy) is 1. The first-order chi connectivity index (χ1) is 8.93. The maximum atomic E-state index is 13.2. The van der Waals surface area contributed by atoms with Gasteiger partial charge in [0.25, 0.3) is 0 Å². The molecule has 0 aliphatic heterocycles. The van der Waals surface area contributed by atoms with Crippen LogP contribution in [0.5, 0.6) is 0 Å². The second kappa shape index (κ2) is 10.0. The highest BCUT2D eigenvalue weighted by Crippen LogP contribution is 2.07. The molecule has 0 fully saturated rings. The molecule has 7 nitrogen and oxygen atoms in total. The molecule has 0 aromatic carbocycles. The topological polar surface area (TPSA) is 139 Å². The molecule has 0 bridgehead atoms. The third-order valence-corrected chi connectivity index (χ3v) is 2.59. The Hall–Kier alpha value is -0.800. The van der Waals surface area contributed by atoms with E-state index in [0.717, 1.165) is 6.42 Å². The number of nitrogens with two attached hydrogens (primary N) is 2. The van der Waals surface area contributed by atoms with Crippen molar-refractivity contribution < 1.29 is 29.2 Å². The van der Waals surface area contributed by atoms with E-state index in [0.29, 0.717) is 19.4 Å². The summed E-state index contributed by atoms with van der Waals surface area (Å²) in [7, 11) is 0. The fourth-order valence-corrected chi connectivity index (χ4v) is 1.35. The molecule has 0 spiro atoms. The lowest BCUT2D eigenvalue weighted by Gasteiger charge is -2.20. The Morgan fingerprint density at radius 1 is 1.26 bits per heavy atom. The average molecular weight is 282 g/mol. The average Bonchev–Trinajstić information content (AvgIpc) is 2.42. The van der Waals surface area contributed by atoms with Gasteiger partial charge in [-0.25, -0.2) is 4.39 Å². The fraction of sp³-hybridized carbons (Fsp3) is 0.909. The normalized spacial score (nSPS) is 17.6. The molecule has 19 heavy (non-hydrogen) atoms. The maximum Gasteiger partial charge on any atom is 0.323 e. The van der Waals surface area contributed by atoms with Gasteiger partial charge in [-0.15, -0.1) is 0 Å². The van der Waals surface area contributed by atoms with Crippen molar-refractivity contribution >= 4 is 5.97 Å². The van der Waals surface area contributed by atoms with Crippen LogP contribution in [0.15, 0.2) is 0 Å². The van der Waals surface area contributed by atoms with E-state index in [-0.39, 0.29) is 0 Å². The van der Waals surface area contributed by atoms with Gasteiger partial charge in [0.15, 0.2) is 6.17 Å². The summed E-state index contributed by atoms with van der Waals surface area (Å²) < 4.78 is 17.8. The minimum Gasteiger partial charge on any atom is -0.462 e. The van der Waals surface area contributed by atoms with Crippen molar-refractivity contribution in [2.45, 2.75) is 43.7 Å². The summed E-state index contributed by atoms with van der Waals surface area (Å²) >= 11 is 0. The molecule has 0 aromatic heterocycles. The lowest BCUT2D eigenvalue weighted by Crippen LogP contribution is -2.41. The van der Waals surface area contributed by atoms with Crippen molar-refractivity contribution in [1.82, 2.24) is 0 Å². The van der Waals surface area contributed by atoms with Crippen molar-refractivity contribution in [2.24, 2.45) is 11.5 Å². The summed E-state index contributed by atoms with van der Waals surface area (Å²) in [5.41, 5.74) is 10.8. The standard InChI is InChI=1S/C11H23FN2O5/c12-10(8(16)5-15)9(17)6-19-11(18)7(14)3-1-2-4-13/h7-10,15-17H,1-6,13-14H2/t7-,8+,9-,10-/m0/s1. The molecule has 4 atom stereocenters. The Morgan fingerprint density at radius 3 is 2.42 bits per heavy atom. The monoisotopic (exact) mass is 282 g/mol. The number of aliphatic hydroxyl groups excluding tert-OH is 3. The largest absolute Gasteiger partial charge is 0.462 e. The highest BCUT2D eigenvalue weighted by atomic mass is 19.1. The summed E-state index contributed by atoms with van der Waals surface area (Å²) in [6.45, 7) is -0.949. The van der Waals surface area contributed by atoms with E-state index in [1.807, 2.05) is 0 Å². The maximum absolute atomic E-state index is 13.2. The number of carbonyl (C=O) groups is 1. The molecular weight excluding hydrogens is 259 g/mol. The molecule has 0 heterocycles. The molecular formula is C11H23FN2O5. The lowest BCUT2D eigenvalue weighted by molar-refractivity contribution is -0.151. The summed E-state index contributed by atoms with van der Waals surface area (Å²) in [6, 6.07) is -0.848. The van der Waals surface area contributed by atoms with E-state index in [9.17, 15) is 14.3 Å². The van der Waals surface area contributed by atoms with Crippen molar-refractivity contribution in [3.63, 3.8) is 0 Å². The van der Waals surface area contributed by atoms with Crippen LogP contribution in [0.4, 0.5) is 4.39 Å². The van der Waals surface area contributed by atoms with Crippen LogP contribution in [0.25, 0.3) is 0 Å². The quantitative estimate of drug-likeness (QED) is 0.231. The molecule has 0 radical (unpaired) electrons. The van der Waals surface area contributed by atoms with Gasteiger partial charge in [-0.2, -0.15) is 0 Å². The lowest BCUT2D eigenvalue weighted by atomic mass is 10.1. The van der Waals surface area contributed by atoms with Gasteiger partial charge in [0.2, 0.25) is 0 Å². The van der Waals surface area contributed by atoms with Crippen LogP contribution in [0.3, 0.4) is 0 Å². The molecule has 0 aromatic rings. The van der Waals surface area contributed by atoms with Crippen LogP contribution in [0, 0.1) is 0 Å².